The minimum absolute atomic E-state index is 0.00845. The number of rotatable bonds is 2. The summed E-state index contributed by atoms with van der Waals surface area (Å²) in [5.41, 5.74) is 4.14. The number of fused-ring (bicyclic) bond motifs is 2. The Labute approximate surface area is 170 Å². The monoisotopic (exact) mass is 397 g/mol. The van der Waals surface area contributed by atoms with Crippen LogP contribution in [0.4, 0.5) is 11.4 Å². The van der Waals surface area contributed by atoms with Crippen LogP contribution in [0.3, 0.4) is 0 Å². The van der Waals surface area contributed by atoms with E-state index in [2.05, 4.69) is 11.0 Å². The van der Waals surface area contributed by atoms with Crippen LogP contribution in [0.5, 0.6) is 0 Å². The number of hydrogen-bond acceptors (Lipinski definition) is 3. The van der Waals surface area contributed by atoms with Crippen molar-refractivity contribution in [2.24, 2.45) is 0 Å². The third kappa shape index (κ3) is 3.35. The smallest absolute Gasteiger partial charge is 0.229 e. The average Bonchev–Trinajstić information content (AvgIpc) is 2.68. The molecule has 0 bridgehead atoms. The zero-order valence-electron chi connectivity index (χ0n) is 16.2. The molecule has 2 heterocycles. The molecule has 2 amide bonds. The van der Waals surface area contributed by atoms with Gasteiger partial charge in [0, 0.05) is 38.6 Å². The van der Waals surface area contributed by atoms with Gasteiger partial charge in [-0.05, 0) is 35.7 Å². The number of anilines is 2. The Kier molecular flexibility index (Phi) is 5.02. The summed E-state index contributed by atoms with van der Waals surface area (Å²) in [6.07, 6.45) is 1.10. The van der Waals surface area contributed by atoms with Crippen molar-refractivity contribution in [3.8, 4) is 0 Å². The number of halogens is 1. The highest BCUT2D eigenvalue weighted by molar-refractivity contribution is 6.31. The Morgan fingerprint density at radius 3 is 2.64 bits per heavy atom. The number of nitrogens with zero attached hydrogens (tertiary/aromatic N) is 3. The maximum absolute atomic E-state index is 13.4. The van der Waals surface area contributed by atoms with Gasteiger partial charge in [0.25, 0.3) is 0 Å². The van der Waals surface area contributed by atoms with Crippen LogP contribution in [-0.4, -0.2) is 43.4 Å². The van der Waals surface area contributed by atoms with Gasteiger partial charge in [-0.2, -0.15) is 0 Å². The third-order valence-electron chi connectivity index (χ3n) is 5.78. The Hall–Kier alpha value is -2.53. The lowest BCUT2D eigenvalue weighted by Gasteiger charge is -2.39. The predicted molar refractivity (Wildman–Crippen MR) is 112 cm³/mol. The van der Waals surface area contributed by atoms with Gasteiger partial charge in [-0.25, -0.2) is 0 Å². The molecule has 0 radical (unpaired) electrons. The van der Waals surface area contributed by atoms with Crippen LogP contribution in [0.25, 0.3) is 0 Å². The van der Waals surface area contributed by atoms with Crippen LogP contribution < -0.4 is 9.80 Å². The first kappa shape index (κ1) is 18.8. The number of likely N-dealkylation sites (N-methyl/N-ethyl adjacent to an activating group) is 1. The zero-order chi connectivity index (χ0) is 19.8. The molecule has 1 unspecified atom stereocenters. The summed E-state index contributed by atoms with van der Waals surface area (Å²) in [6.45, 7) is 3.60. The standard InChI is InChI=1S/C22H24ClN3O2/c1-15(27)25-10-9-16-5-3-4-6-18(16)20(25)14-22(28)26-12-11-24(2)19-8-7-17(23)13-21(19)26/h3-8,13,20H,9-12,14H2,1-2H3. The molecule has 0 saturated carbocycles. The van der Waals surface area contributed by atoms with E-state index in [-0.39, 0.29) is 24.3 Å². The van der Waals surface area contributed by atoms with Crippen molar-refractivity contribution in [3.63, 3.8) is 0 Å². The molecule has 0 fully saturated rings. The number of benzene rings is 2. The van der Waals surface area contributed by atoms with E-state index < -0.39 is 0 Å². The van der Waals surface area contributed by atoms with Crippen LogP contribution in [0.2, 0.25) is 5.02 Å². The third-order valence-corrected chi connectivity index (χ3v) is 6.02. The van der Waals surface area contributed by atoms with E-state index >= 15 is 0 Å². The van der Waals surface area contributed by atoms with Crippen molar-refractivity contribution in [1.29, 1.82) is 0 Å². The van der Waals surface area contributed by atoms with Gasteiger partial charge in [-0.15, -0.1) is 0 Å². The fraction of sp³-hybridized carbons (Fsp3) is 0.364. The number of amides is 2. The summed E-state index contributed by atoms with van der Waals surface area (Å²) in [7, 11) is 2.02. The second-order valence-electron chi connectivity index (χ2n) is 7.48. The van der Waals surface area contributed by atoms with E-state index in [0.717, 1.165) is 29.9 Å². The fourth-order valence-electron chi connectivity index (χ4n) is 4.31. The van der Waals surface area contributed by atoms with Gasteiger partial charge in [0.15, 0.2) is 0 Å². The van der Waals surface area contributed by atoms with E-state index in [0.29, 0.717) is 18.1 Å². The summed E-state index contributed by atoms with van der Waals surface area (Å²) in [5.74, 6) is 0.0266. The minimum Gasteiger partial charge on any atom is -0.371 e. The molecule has 5 nitrogen and oxygen atoms in total. The lowest BCUT2D eigenvalue weighted by Crippen LogP contribution is -2.45. The molecule has 0 aliphatic carbocycles. The Balaban J connectivity index is 1.65. The second kappa shape index (κ2) is 7.47. The van der Waals surface area contributed by atoms with Gasteiger partial charge >= 0.3 is 0 Å². The molecule has 1 atom stereocenters. The zero-order valence-corrected chi connectivity index (χ0v) is 16.9. The molecule has 0 saturated heterocycles. The molecule has 146 valence electrons. The van der Waals surface area contributed by atoms with Gasteiger partial charge in [0.2, 0.25) is 11.8 Å². The number of hydrogen-bond donors (Lipinski definition) is 0. The highest BCUT2D eigenvalue weighted by Crippen LogP contribution is 2.37. The molecule has 2 aromatic carbocycles. The molecular weight excluding hydrogens is 374 g/mol. The predicted octanol–water partition coefficient (Wildman–Crippen LogP) is 3.66. The molecule has 4 rings (SSSR count). The van der Waals surface area contributed by atoms with Crippen molar-refractivity contribution in [1.82, 2.24) is 4.90 Å². The van der Waals surface area contributed by atoms with Crippen molar-refractivity contribution in [3.05, 3.63) is 58.6 Å². The first-order chi connectivity index (χ1) is 13.5. The SMILES string of the molecule is CC(=O)N1CCc2ccccc2C1CC(=O)N1CCN(C)c2ccc(Cl)cc21. The molecule has 6 heteroatoms. The summed E-state index contributed by atoms with van der Waals surface area (Å²) in [5, 5.41) is 0.611. The van der Waals surface area contributed by atoms with Gasteiger partial charge in [0.1, 0.15) is 0 Å². The van der Waals surface area contributed by atoms with E-state index in [4.69, 9.17) is 11.6 Å². The van der Waals surface area contributed by atoms with Crippen LogP contribution in [0.15, 0.2) is 42.5 Å². The Bertz CT molecular complexity index is 930. The van der Waals surface area contributed by atoms with E-state index in [1.54, 1.807) is 6.92 Å². The molecule has 0 N–H and O–H groups in total. The van der Waals surface area contributed by atoms with E-state index in [1.165, 1.54) is 5.56 Å². The van der Waals surface area contributed by atoms with Crippen LogP contribution in [-0.2, 0) is 16.0 Å². The minimum atomic E-state index is -0.225. The maximum atomic E-state index is 13.4. The van der Waals surface area contributed by atoms with Crippen molar-refractivity contribution < 1.29 is 9.59 Å². The topological polar surface area (TPSA) is 43.9 Å². The number of carbonyl (C=O) groups is 2. The quantitative estimate of drug-likeness (QED) is 0.776. The summed E-state index contributed by atoms with van der Waals surface area (Å²) >= 11 is 6.21. The van der Waals surface area contributed by atoms with Gasteiger partial charge in [-0.3, -0.25) is 9.59 Å². The van der Waals surface area contributed by atoms with E-state index in [1.807, 2.05) is 53.2 Å². The van der Waals surface area contributed by atoms with Crippen LogP contribution in [0.1, 0.15) is 30.5 Å². The van der Waals surface area contributed by atoms with Crippen molar-refractivity contribution >= 4 is 34.8 Å². The van der Waals surface area contributed by atoms with Gasteiger partial charge in [-0.1, -0.05) is 35.9 Å². The van der Waals surface area contributed by atoms with Crippen molar-refractivity contribution in [2.45, 2.75) is 25.8 Å². The van der Waals surface area contributed by atoms with Gasteiger partial charge < -0.3 is 14.7 Å². The summed E-state index contributed by atoms with van der Waals surface area (Å²) < 4.78 is 0. The van der Waals surface area contributed by atoms with Crippen molar-refractivity contribution in [2.75, 3.05) is 36.5 Å². The lowest BCUT2D eigenvalue weighted by atomic mass is 9.90. The fourth-order valence-corrected chi connectivity index (χ4v) is 4.48. The normalized spacial score (nSPS) is 18.5. The van der Waals surface area contributed by atoms with Crippen LogP contribution in [0, 0.1) is 0 Å². The molecule has 28 heavy (non-hydrogen) atoms. The molecule has 2 aliphatic rings. The Morgan fingerprint density at radius 2 is 1.86 bits per heavy atom. The molecule has 2 aliphatic heterocycles. The number of carbonyl (C=O) groups excluding carboxylic acids is 2. The first-order valence-corrected chi connectivity index (χ1v) is 9.99. The molecular formula is C22H24ClN3O2. The highest BCUT2D eigenvalue weighted by Gasteiger charge is 2.33. The highest BCUT2D eigenvalue weighted by atomic mass is 35.5. The molecule has 0 spiro atoms. The summed E-state index contributed by atoms with van der Waals surface area (Å²) in [6, 6.07) is 13.5. The summed E-state index contributed by atoms with van der Waals surface area (Å²) in [4.78, 5) is 31.4. The molecule has 2 aromatic rings. The first-order valence-electron chi connectivity index (χ1n) is 9.62. The average molecular weight is 398 g/mol. The maximum Gasteiger partial charge on any atom is 0.229 e. The molecule has 0 aromatic heterocycles. The van der Waals surface area contributed by atoms with Crippen LogP contribution >= 0.6 is 11.6 Å². The largest absolute Gasteiger partial charge is 0.371 e. The Morgan fingerprint density at radius 1 is 1.07 bits per heavy atom. The van der Waals surface area contributed by atoms with E-state index in [9.17, 15) is 9.59 Å². The second-order valence-corrected chi connectivity index (χ2v) is 7.92. The van der Waals surface area contributed by atoms with Gasteiger partial charge in [0.05, 0.1) is 23.8 Å². The lowest BCUT2D eigenvalue weighted by molar-refractivity contribution is -0.133.